The molecule has 0 saturated heterocycles. The number of nitrogens with zero attached hydrogens (tertiary/aromatic N) is 1. The first-order valence-electron chi connectivity index (χ1n) is 8.13. The van der Waals surface area contributed by atoms with E-state index in [1.165, 1.54) is 6.21 Å². The molecule has 0 aliphatic heterocycles. The minimum atomic E-state index is -0.874. The summed E-state index contributed by atoms with van der Waals surface area (Å²) in [4.78, 5) is 23.6. The zero-order valence-corrected chi connectivity index (χ0v) is 15.3. The van der Waals surface area contributed by atoms with Gasteiger partial charge in [-0.1, -0.05) is 24.6 Å². The van der Waals surface area contributed by atoms with Gasteiger partial charge in [-0.15, -0.1) is 0 Å². The Morgan fingerprint density at radius 2 is 1.88 bits per heavy atom. The van der Waals surface area contributed by atoms with Crippen molar-refractivity contribution in [1.82, 2.24) is 5.43 Å². The molecule has 26 heavy (non-hydrogen) atoms. The van der Waals surface area contributed by atoms with E-state index in [2.05, 4.69) is 15.8 Å². The molecule has 0 unspecified atom stereocenters. The van der Waals surface area contributed by atoms with Crippen molar-refractivity contribution in [1.29, 1.82) is 0 Å². The second-order valence-corrected chi connectivity index (χ2v) is 5.94. The third kappa shape index (κ3) is 5.89. The molecule has 0 saturated carbocycles. The largest absolute Gasteiger partial charge is 0.494 e. The van der Waals surface area contributed by atoms with Crippen LogP contribution in [0.1, 0.15) is 24.5 Å². The molecule has 0 aliphatic rings. The van der Waals surface area contributed by atoms with Crippen LogP contribution in [0.25, 0.3) is 0 Å². The van der Waals surface area contributed by atoms with Gasteiger partial charge in [0.25, 0.3) is 0 Å². The Kier molecular flexibility index (Phi) is 7.17. The van der Waals surface area contributed by atoms with E-state index in [9.17, 15) is 9.59 Å². The van der Waals surface area contributed by atoms with E-state index in [1.54, 1.807) is 30.3 Å². The third-order valence-electron chi connectivity index (χ3n) is 3.37. The molecule has 0 radical (unpaired) electrons. The molecule has 0 bridgehead atoms. The maximum Gasteiger partial charge on any atom is 0.329 e. The van der Waals surface area contributed by atoms with Gasteiger partial charge in [-0.3, -0.25) is 9.59 Å². The SMILES string of the molecule is CCCOc1ccc(/C=N\NC(=O)C(=O)Nc2ccc(C)c(Cl)c2)cc1. The van der Waals surface area contributed by atoms with Crippen LogP contribution in [-0.4, -0.2) is 24.6 Å². The molecule has 7 heteroatoms. The van der Waals surface area contributed by atoms with Crippen LogP contribution >= 0.6 is 11.6 Å². The number of hydrazone groups is 1. The Labute approximate surface area is 157 Å². The zero-order valence-electron chi connectivity index (χ0n) is 14.6. The third-order valence-corrected chi connectivity index (χ3v) is 3.78. The molecular weight excluding hydrogens is 354 g/mol. The predicted molar refractivity (Wildman–Crippen MR) is 103 cm³/mol. The topological polar surface area (TPSA) is 79.8 Å². The highest BCUT2D eigenvalue weighted by Gasteiger charge is 2.13. The quantitative estimate of drug-likeness (QED) is 0.462. The van der Waals surface area contributed by atoms with Crippen LogP contribution in [0.5, 0.6) is 5.75 Å². The normalized spacial score (nSPS) is 10.6. The number of benzene rings is 2. The van der Waals surface area contributed by atoms with Crippen LogP contribution in [0.3, 0.4) is 0 Å². The standard InChI is InChI=1S/C19H20ClN3O3/c1-3-10-26-16-8-5-14(6-9-16)12-21-23-19(25)18(24)22-15-7-4-13(2)17(20)11-15/h4-9,11-12H,3,10H2,1-2H3,(H,22,24)(H,23,25)/b21-12-. The van der Waals surface area contributed by atoms with Crippen molar-refractivity contribution in [3.8, 4) is 5.75 Å². The lowest BCUT2D eigenvalue weighted by molar-refractivity contribution is -0.136. The lowest BCUT2D eigenvalue weighted by Crippen LogP contribution is -2.32. The summed E-state index contributed by atoms with van der Waals surface area (Å²) in [6.07, 6.45) is 2.38. The van der Waals surface area contributed by atoms with Gasteiger partial charge in [0.05, 0.1) is 12.8 Å². The number of carbonyl (C=O) groups excluding carboxylic acids is 2. The van der Waals surface area contributed by atoms with Gasteiger partial charge in [0.1, 0.15) is 5.75 Å². The van der Waals surface area contributed by atoms with Crippen LogP contribution in [-0.2, 0) is 9.59 Å². The van der Waals surface area contributed by atoms with Crippen LogP contribution in [0.4, 0.5) is 5.69 Å². The van der Waals surface area contributed by atoms with Gasteiger partial charge in [0.2, 0.25) is 0 Å². The highest BCUT2D eigenvalue weighted by atomic mass is 35.5. The predicted octanol–water partition coefficient (Wildman–Crippen LogP) is 3.53. The molecule has 2 amide bonds. The van der Waals surface area contributed by atoms with Crippen LogP contribution in [0.15, 0.2) is 47.6 Å². The fraction of sp³-hybridized carbons (Fsp3) is 0.211. The van der Waals surface area contributed by atoms with Crippen molar-refractivity contribution in [3.05, 3.63) is 58.6 Å². The van der Waals surface area contributed by atoms with E-state index >= 15 is 0 Å². The Balaban J connectivity index is 1.85. The number of aryl methyl sites for hydroxylation is 1. The molecular formula is C19H20ClN3O3. The number of halogens is 1. The molecule has 0 aromatic heterocycles. The van der Waals surface area contributed by atoms with Gasteiger partial charge in [0.15, 0.2) is 0 Å². The summed E-state index contributed by atoms with van der Waals surface area (Å²) in [6.45, 7) is 4.54. The number of carbonyl (C=O) groups is 2. The molecule has 0 aliphatic carbocycles. The molecule has 0 heterocycles. The molecule has 6 nitrogen and oxygen atoms in total. The minimum absolute atomic E-state index is 0.437. The Hall–Kier alpha value is -2.86. The second-order valence-electron chi connectivity index (χ2n) is 5.53. The minimum Gasteiger partial charge on any atom is -0.494 e. The first kappa shape index (κ1) is 19.5. The molecule has 2 N–H and O–H groups in total. The van der Waals surface area contributed by atoms with Gasteiger partial charge in [0, 0.05) is 10.7 Å². The van der Waals surface area contributed by atoms with Gasteiger partial charge < -0.3 is 10.1 Å². The average Bonchev–Trinajstić information content (AvgIpc) is 2.64. The highest BCUT2D eigenvalue weighted by Crippen LogP contribution is 2.19. The molecule has 2 aromatic rings. The van der Waals surface area contributed by atoms with Gasteiger partial charge >= 0.3 is 11.8 Å². The summed E-state index contributed by atoms with van der Waals surface area (Å²) in [6, 6.07) is 12.2. The molecule has 0 atom stereocenters. The van der Waals surface area contributed by atoms with Crippen molar-refractivity contribution in [2.75, 3.05) is 11.9 Å². The Bertz CT molecular complexity index is 804. The first-order valence-corrected chi connectivity index (χ1v) is 8.50. The molecule has 2 rings (SSSR count). The number of nitrogens with one attached hydrogen (secondary N) is 2. The van der Waals surface area contributed by atoms with Crippen molar-refractivity contribution in [2.24, 2.45) is 5.10 Å². The maximum absolute atomic E-state index is 11.8. The second kappa shape index (κ2) is 9.58. The fourth-order valence-corrected chi connectivity index (χ4v) is 2.13. The van der Waals surface area contributed by atoms with Crippen molar-refractivity contribution >= 4 is 35.3 Å². The molecule has 0 fully saturated rings. The van der Waals surface area contributed by atoms with E-state index in [0.29, 0.717) is 17.3 Å². The van der Waals surface area contributed by atoms with Crippen molar-refractivity contribution in [2.45, 2.75) is 20.3 Å². The van der Waals surface area contributed by atoms with E-state index in [4.69, 9.17) is 16.3 Å². The van der Waals surface area contributed by atoms with Crippen molar-refractivity contribution < 1.29 is 14.3 Å². The maximum atomic E-state index is 11.8. The smallest absolute Gasteiger partial charge is 0.329 e. The molecule has 0 spiro atoms. The number of anilines is 1. The van der Waals surface area contributed by atoms with E-state index in [-0.39, 0.29) is 0 Å². The summed E-state index contributed by atoms with van der Waals surface area (Å²) in [5.41, 5.74) is 4.26. The zero-order chi connectivity index (χ0) is 18.9. The number of hydrogen-bond donors (Lipinski definition) is 2. The van der Waals surface area contributed by atoms with Crippen molar-refractivity contribution in [3.63, 3.8) is 0 Å². The van der Waals surface area contributed by atoms with Crippen LogP contribution in [0, 0.1) is 6.92 Å². The lowest BCUT2D eigenvalue weighted by atomic mass is 10.2. The monoisotopic (exact) mass is 373 g/mol. The van der Waals surface area contributed by atoms with E-state index in [0.717, 1.165) is 23.3 Å². The summed E-state index contributed by atoms with van der Waals surface area (Å²) >= 11 is 5.98. The number of rotatable bonds is 6. The highest BCUT2D eigenvalue weighted by molar-refractivity contribution is 6.39. The lowest BCUT2D eigenvalue weighted by Gasteiger charge is -2.06. The van der Waals surface area contributed by atoms with Gasteiger partial charge in [-0.25, -0.2) is 5.43 Å². The van der Waals surface area contributed by atoms with E-state index < -0.39 is 11.8 Å². The fourth-order valence-electron chi connectivity index (χ4n) is 1.94. The summed E-state index contributed by atoms with van der Waals surface area (Å²) < 4.78 is 5.48. The van der Waals surface area contributed by atoms with Gasteiger partial charge in [-0.05, 0) is 60.9 Å². The number of amides is 2. The first-order chi connectivity index (χ1) is 12.5. The number of hydrogen-bond acceptors (Lipinski definition) is 4. The summed E-state index contributed by atoms with van der Waals surface area (Å²) in [5.74, 6) is -0.935. The molecule has 136 valence electrons. The van der Waals surface area contributed by atoms with Gasteiger partial charge in [-0.2, -0.15) is 5.10 Å². The Morgan fingerprint density at radius 3 is 2.54 bits per heavy atom. The molecule has 2 aromatic carbocycles. The van der Waals surface area contributed by atoms with E-state index in [1.807, 2.05) is 26.0 Å². The average molecular weight is 374 g/mol. The van der Waals surface area contributed by atoms with Crippen LogP contribution < -0.4 is 15.5 Å². The Morgan fingerprint density at radius 1 is 1.15 bits per heavy atom. The number of ether oxygens (including phenoxy) is 1. The summed E-state index contributed by atoms with van der Waals surface area (Å²) in [5, 5.41) is 6.74. The summed E-state index contributed by atoms with van der Waals surface area (Å²) in [7, 11) is 0. The van der Waals surface area contributed by atoms with Crippen LogP contribution in [0.2, 0.25) is 5.02 Å².